The summed E-state index contributed by atoms with van der Waals surface area (Å²) in [7, 11) is 2.41. The molecule has 0 fully saturated rings. The van der Waals surface area contributed by atoms with Gasteiger partial charge < -0.3 is 19.7 Å². The van der Waals surface area contributed by atoms with E-state index >= 15 is 0 Å². The molecule has 8 heteroatoms. The van der Waals surface area contributed by atoms with Gasteiger partial charge in [0.15, 0.2) is 34.6 Å². The van der Waals surface area contributed by atoms with Crippen LogP contribution in [0.2, 0.25) is 0 Å². The minimum atomic E-state index is -1.08. The molecule has 0 saturated heterocycles. The summed E-state index contributed by atoms with van der Waals surface area (Å²) in [6.07, 6.45) is 0. The largest absolute Gasteiger partial charge is 0.504 e. The molecular weight excluding hydrogens is 368 g/mol. The summed E-state index contributed by atoms with van der Waals surface area (Å²) in [5.41, 5.74) is -1.07. The second kappa shape index (κ2) is 7.91. The maximum absolute atomic E-state index is 12.9. The Morgan fingerprint density at radius 1 is 0.679 bits per heavy atom. The van der Waals surface area contributed by atoms with Crippen LogP contribution in [-0.4, -0.2) is 47.6 Å². The molecule has 0 aromatic heterocycles. The van der Waals surface area contributed by atoms with Gasteiger partial charge in [0.05, 0.1) is 25.3 Å². The van der Waals surface area contributed by atoms with Crippen LogP contribution in [0.1, 0.15) is 55.3 Å². The van der Waals surface area contributed by atoms with E-state index in [1.165, 1.54) is 14.2 Å². The van der Waals surface area contributed by atoms with Crippen molar-refractivity contribution in [1.82, 2.24) is 0 Å². The van der Waals surface area contributed by atoms with Crippen molar-refractivity contribution in [2.45, 2.75) is 13.8 Å². The van der Waals surface area contributed by atoms with Crippen molar-refractivity contribution >= 4 is 23.1 Å². The zero-order valence-corrected chi connectivity index (χ0v) is 15.7. The quantitative estimate of drug-likeness (QED) is 0.549. The van der Waals surface area contributed by atoms with Crippen molar-refractivity contribution < 1.29 is 38.9 Å². The van der Waals surface area contributed by atoms with E-state index in [0.29, 0.717) is 0 Å². The number of aromatic hydroxyl groups is 2. The van der Waals surface area contributed by atoms with Crippen LogP contribution in [0.15, 0.2) is 24.3 Å². The van der Waals surface area contributed by atoms with Gasteiger partial charge in [-0.1, -0.05) is 0 Å². The molecule has 2 aromatic carbocycles. The fourth-order valence-corrected chi connectivity index (χ4v) is 2.88. The topological polar surface area (TPSA) is 127 Å². The molecular formula is C20H18O8. The summed E-state index contributed by atoms with van der Waals surface area (Å²) in [4.78, 5) is 49.8. The third-order valence-corrected chi connectivity index (χ3v) is 4.08. The van der Waals surface area contributed by atoms with Crippen molar-refractivity contribution in [3.05, 3.63) is 46.5 Å². The number of rotatable bonds is 7. The summed E-state index contributed by atoms with van der Waals surface area (Å²) in [6, 6.07) is 4.49. The molecule has 28 heavy (non-hydrogen) atoms. The molecule has 0 aliphatic heterocycles. The summed E-state index contributed by atoms with van der Waals surface area (Å²) in [5, 5.41) is 19.7. The molecule has 0 radical (unpaired) electrons. The second-order valence-electron chi connectivity index (χ2n) is 5.85. The van der Waals surface area contributed by atoms with Crippen molar-refractivity contribution in [2.24, 2.45) is 0 Å². The first-order valence-corrected chi connectivity index (χ1v) is 8.06. The molecule has 2 rings (SSSR count). The van der Waals surface area contributed by atoms with Crippen LogP contribution >= 0.6 is 0 Å². The van der Waals surface area contributed by atoms with Gasteiger partial charge in [-0.15, -0.1) is 0 Å². The lowest BCUT2D eigenvalue weighted by Gasteiger charge is -2.14. The van der Waals surface area contributed by atoms with Crippen LogP contribution in [0.3, 0.4) is 0 Å². The average molecular weight is 386 g/mol. The summed E-state index contributed by atoms with van der Waals surface area (Å²) in [5.74, 6) is -4.57. The highest BCUT2D eigenvalue weighted by molar-refractivity contribution is 6.51. The molecule has 0 heterocycles. The lowest BCUT2D eigenvalue weighted by atomic mass is 9.91. The van der Waals surface area contributed by atoms with E-state index in [4.69, 9.17) is 9.47 Å². The molecule has 0 atom stereocenters. The van der Waals surface area contributed by atoms with E-state index in [-0.39, 0.29) is 45.3 Å². The summed E-state index contributed by atoms with van der Waals surface area (Å²) < 4.78 is 9.97. The third-order valence-electron chi connectivity index (χ3n) is 4.08. The van der Waals surface area contributed by atoms with Gasteiger partial charge in [-0.3, -0.25) is 19.2 Å². The lowest BCUT2D eigenvalue weighted by Crippen LogP contribution is -2.21. The number of hydrogen-bond donors (Lipinski definition) is 2. The molecule has 0 spiro atoms. The predicted molar refractivity (Wildman–Crippen MR) is 98.0 cm³/mol. The molecule has 0 saturated carbocycles. The highest BCUT2D eigenvalue weighted by Gasteiger charge is 2.30. The summed E-state index contributed by atoms with van der Waals surface area (Å²) >= 11 is 0. The first-order valence-electron chi connectivity index (χ1n) is 8.06. The lowest BCUT2D eigenvalue weighted by molar-refractivity contribution is 0.0812. The number of Topliss-reactive ketones (excluding diaryl/α,β-unsaturated/α-hetero) is 4. The van der Waals surface area contributed by atoms with Crippen LogP contribution < -0.4 is 9.47 Å². The maximum atomic E-state index is 12.9. The Bertz CT molecular complexity index is 922. The van der Waals surface area contributed by atoms with Crippen molar-refractivity contribution in [3.8, 4) is 23.0 Å². The monoisotopic (exact) mass is 386 g/mol. The van der Waals surface area contributed by atoms with E-state index in [0.717, 1.165) is 38.1 Å². The number of carbonyl (C=O) groups is 4. The Labute approximate surface area is 160 Å². The number of ketones is 4. The molecule has 2 N–H and O–H groups in total. The second-order valence-corrected chi connectivity index (χ2v) is 5.85. The van der Waals surface area contributed by atoms with E-state index in [9.17, 15) is 29.4 Å². The minimum absolute atomic E-state index is 0.235. The number of hydrogen-bond acceptors (Lipinski definition) is 8. The smallest absolute Gasteiger partial charge is 0.234 e. The van der Waals surface area contributed by atoms with Crippen LogP contribution in [-0.2, 0) is 0 Å². The Balaban J connectivity index is 2.70. The zero-order valence-electron chi connectivity index (χ0n) is 15.7. The van der Waals surface area contributed by atoms with E-state index in [1.54, 1.807) is 0 Å². The van der Waals surface area contributed by atoms with Crippen molar-refractivity contribution in [2.75, 3.05) is 14.2 Å². The number of phenolic OH excluding ortho intramolecular Hbond substituents is 2. The van der Waals surface area contributed by atoms with Gasteiger partial charge in [-0.05, 0) is 38.1 Å². The minimum Gasteiger partial charge on any atom is -0.504 e. The Morgan fingerprint density at radius 3 is 1.25 bits per heavy atom. The predicted octanol–water partition coefficient (Wildman–Crippen LogP) is 2.59. The van der Waals surface area contributed by atoms with Gasteiger partial charge in [0, 0.05) is 11.1 Å². The third kappa shape index (κ3) is 3.44. The van der Waals surface area contributed by atoms with Gasteiger partial charge in [-0.2, -0.15) is 0 Å². The number of benzene rings is 2. The van der Waals surface area contributed by atoms with Crippen LogP contribution in [0, 0.1) is 0 Å². The van der Waals surface area contributed by atoms with Gasteiger partial charge in [0.1, 0.15) is 0 Å². The highest BCUT2D eigenvalue weighted by atomic mass is 16.5. The number of methoxy groups -OCH3 is 2. The van der Waals surface area contributed by atoms with Crippen LogP contribution in [0.5, 0.6) is 23.0 Å². The van der Waals surface area contributed by atoms with Gasteiger partial charge >= 0.3 is 0 Å². The normalized spacial score (nSPS) is 10.3. The first kappa shape index (κ1) is 20.6. The van der Waals surface area contributed by atoms with Gasteiger partial charge in [0.2, 0.25) is 11.6 Å². The Morgan fingerprint density at radius 2 is 1.00 bits per heavy atom. The molecule has 2 aromatic rings. The number of ether oxygens (including phenoxy) is 2. The summed E-state index contributed by atoms with van der Waals surface area (Å²) in [6.45, 7) is 2.31. The van der Waals surface area contributed by atoms with E-state index in [2.05, 4.69) is 0 Å². The van der Waals surface area contributed by atoms with Crippen LogP contribution in [0.25, 0.3) is 0 Å². The molecule has 146 valence electrons. The van der Waals surface area contributed by atoms with E-state index in [1.807, 2.05) is 0 Å². The maximum Gasteiger partial charge on any atom is 0.234 e. The van der Waals surface area contributed by atoms with Crippen molar-refractivity contribution in [1.29, 1.82) is 0 Å². The number of phenols is 2. The Hall–Kier alpha value is -3.68. The van der Waals surface area contributed by atoms with Gasteiger partial charge in [0.25, 0.3) is 0 Å². The Kier molecular flexibility index (Phi) is 5.83. The molecule has 0 bridgehead atoms. The fourth-order valence-electron chi connectivity index (χ4n) is 2.88. The zero-order chi connectivity index (χ0) is 21.2. The van der Waals surface area contributed by atoms with Gasteiger partial charge in [-0.25, -0.2) is 0 Å². The van der Waals surface area contributed by atoms with Crippen LogP contribution in [0.4, 0.5) is 0 Å². The fraction of sp³-hybridized carbons (Fsp3) is 0.200. The van der Waals surface area contributed by atoms with Crippen molar-refractivity contribution in [3.63, 3.8) is 0 Å². The number of carbonyl (C=O) groups excluding carboxylic acids is 4. The molecule has 8 nitrogen and oxygen atoms in total. The SMILES string of the molecule is COc1c(O)ccc(C(=O)C(=O)c2ccc(O)c(OC)c2C(C)=O)c1C(C)=O. The standard InChI is InChI=1S/C20H18O8/c1-9(21)15-11(5-7-13(23)19(15)27-3)17(25)18(26)12-6-8-14(24)20(28-4)16(12)10(2)22/h5-8,23-24H,1-4H3. The first-order chi connectivity index (χ1) is 13.1. The molecule has 0 aliphatic carbocycles. The average Bonchev–Trinajstić information content (AvgIpc) is 2.65. The molecule has 0 unspecified atom stereocenters. The molecule has 0 amide bonds. The van der Waals surface area contributed by atoms with E-state index < -0.39 is 23.1 Å². The highest BCUT2D eigenvalue weighted by Crippen LogP contribution is 2.36. The molecule has 0 aliphatic rings.